The molecule has 0 saturated heterocycles. The number of aliphatic carboxylic acids is 1. The molecule has 18 heteroatoms. The molecule has 1 aliphatic rings. The molecule has 0 amide bonds. The summed E-state index contributed by atoms with van der Waals surface area (Å²) in [7, 11) is 1.66. The van der Waals surface area contributed by atoms with Crippen molar-refractivity contribution in [2.24, 2.45) is 21.4 Å². The van der Waals surface area contributed by atoms with Crippen molar-refractivity contribution in [1.29, 1.82) is 0 Å². The van der Waals surface area contributed by atoms with Crippen LogP contribution in [0.5, 0.6) is 0 Å². The molecule has 0 fully saturated rings. The van der Waals surface area contributed by atoms with Crippen molar-refractivity contribution in [2.45, 2.75) is 75.0 Å². The number of aromatic nitrogens is 2. The zero-order chi connectivity index (χ0) is 38.2. The average molecular weight is 1040 g/mol. The zero-order valence-corrected chi connectivity index (χ0v) is 38.6. The summed E-state index contributed by atoms with van der Waals surface area (Å²) in [6.07, 6.45) is 5.22. The normalized spacial score (nSPS) is 18.8. The van der Waals surface area contributed by atoms with Crippen LogP contribution in [0.4, 0.5) is 17.2 Å². The smallest absolute Gasteiger partial charge is 0 e. The van der Waals surface area contributed by atoms with Crippen molar-refractivity contribution in [2.75, 3.05) is 23.6 Å². The summed E-state index contributed by atoms with van der Waals surface area (Å²) in [5.41, 5.74) is 2.49. The second-order valence-corrected chi connectivity index (χ2v) is 17.3. The predicted molar refractivity (Wildman–Crippen MR) is 208 cm³/mol. The fraction of sp³-hybridized carbons (Fsp3) is 0.405. The van der Waals surface area contributed by atoms with Crippen molar-refractivity contribution >= 4 is 75.7 Å². The molecular weight excluding hydrogens is 996 g/mol. The molecule has 0 aliphatic carbocycles. The number of H-pyrrole nitrogens is 1. The number of rotatable bonds is 4. The number of nitrogens with one attached hydrogen (secondary N) is 1. The molecule has 2 aromatic heterocycles. The molecule has 4 N–H and O–H groups in total. The largest absolute Gasteiger partial charge is 0 e. The molecule has 2 radical (unpaired) electrons. The average Bonchev–Trinajstić information content (AvgIpc) is 3.54. The monoisotopic (exact) mass is 1040 g/mol. The Morgan fingerprint density at radius 1 is 1.11 bits per heavy atom. The second-order valence-electron chi connectivity index (χ2n) is 13.7. The van der Waals surface area contributed by atoms with E-state index in [9.17, 15) is 12.6 Å². The number of fused-ring (bicyclic) bond motifs is 5. The molecule has 1 aliphatic heterocycles. The molecule has 8 nitrogen and oxygen atoms in total. The molecule has 0 saturated carbocycles. The Bertz CT molecular complexity index is 1930. The van der Waals surface area contributed by atoms with Gasteiger partial charge >= 0.3 is 46.6 Å². The molecule has 2 bridgehead atoms. The van der Waals surface area contributed by atoms with Gasteiger partial charge in [0.05, 0.1) is 27.6 Å². The molecular formula is C37H45CeF5FeN5O3S2Se. The van der Waals surface area contributed by atoms with Gasteiger partial charge in [-0.2, -0.15) is 16.9 Å². The second kappa shape index (κ2) is 23.2. The van der Waals surface area contributed by atoms with E-state index < -0.39 is 61.1 Å². The number of aryl methyl sites for hydroxylation is 1. The van der Waals surface area contributed by atoms with Gasteiger partial charge in [0, 0.05) is 75.3 Å². The molecule has 0 spiro atoms. The maximum absolute atomic E-state index is 15.7. The molecule has 2 atom stereocenters. The summed E-state index contributed by atoms with van der Waals surface area (Å²) in [6.45, 7) is 12.1. The molecule has 4 aromatic rings. The maximum atomic E-state index is 15.7. The number of anilines is 1. The SMILES string of the molecule is C=N/C1=N\N(C)c2cc(ccc2F)Sc2c(F)cc3[nH]ccc3c2CCSCC(C)(C)CCCC1(C)c1cccc(CC(C)C(=O)O)n1.O.[F][Ce]([F])[F].[Fe].[Se]. The maximum Gasteiger partial charge on any atom is 0 e. The summed E-state index contributed by atoms with van der Waals surface area (Å²) >= 11 is -2.00. The summed E-state index contributed by atoms with van der Waals surface area (Å²) in [5, 5.41) is 16.8. The Balaban J connectivity index is 0.00000206. The van der Waals surface area contributed by atoms with Gasteiger partial charge < -0.3 is 15.6 Å². The van der Waals surface area contributed by atoms with Crippen LogP contribution in [0.3, 0.4) is 0 Å². The summed E-state index contributed by atoms with van der Waals surface area (Å²) in [4.78, 5) is 25.3. The zero-order valence-electron chi connectivity index (χ0n) is 31.0. The van der Waals surface area contributed by atoms with Gasteiger partial charge in [0.1, 0.15) is 11.6 Å². The van der Waals surface area contributed by atoms with Crippen LogP contribution in [0, 0.1) is 60.9 Å². The topological polar surface area (TPSA) is 125 Å². The van der Waals surface area contributed by atoms with Crippen LogP contribution in [0.1, 0.15) is 63.9 Å². The van der Waals surface area contributed by atoms with E-state index in [4.69, 9.17) is 10.1 Å². The van der Waals surface area contributed by atoms with Crippen LogP contribution < -0.4 is 5.01 Å². The number of nitrogens with zero attached hydrogens (tertiary/aromatic N) is 4. The van der Waals surface area contributed by atoms with E-state index in [0.717, 1.165) is 40.8 Å². The number of carboxylic acid groups (broad SMARTS) is 1. The van der Waals surface area contributed by atoms with Crippen molar-refractivity contribution in [1.82, 2.24) is 9.97 Å². The van der Waals surface area contributed by atoms with Gasteiger partial charge in [0.2, 0.25) is 0 Å². The first kappa shape index (κ1) is 51.5. The van der Waals surface area contributed by atoms with Gasteiger partial charge in [-0.3, -0.25) is 14.8 Å². The minimum atomic E-state index is -5.16. The molecule has 301 valence electrons. The molecule has 2 unspecified atom stereocenters. The number of benzene rings is 2. The van der Waals surface area contributed by atoms with E-state index in [1.54, 1.807) is 26.1 Å². The standard InChI is InChI=1S/C37H43F2N5O2S2.Ce.3FH.Fe.H2O.Se/c1-23(34(45)46)19-24-9-7-10-32(42-24)37(4)16-8-15-36(2,3)22-47-18-14-27-26-13-17-41-30(26)21-29(39)33(27)48-25-11-12-28(38)31(20-25)44(6)43-35(37)40-5;;;;;;;/h7,9-13,17,20-21,23,41H,5,8,14-16,18-19,22H2,1-4,6H3,(H,45,46);;3*1H;;1H2;/q;+3;;;;;;/p-3/b43-35-;;;;;;;. The Hall–Kier alpha value is -1.53. The fourth-order valence-corrected chi connectivity index (χ4v) is 8.41. The Kier molecular flexibility index (Phi) is 21.7. The quantitative estimate of drug-likeness (QED) is 0.119. The molecule has 2 aromatic carbocycles. The van der Waals surface area contributed by atoms with E-state index in [0.29, 0.717) is 39.9 Å². The number of aliphatic imine (C=N–C) groups is 1. The third-order valence-corrected chi connectivity index (χ3v) is 11.7. The van der Waals surface area contributed by atoms with Gasteiger partial charge in [-0.05, 0) is 97.9 Å². The van der Waals surface area contributed by atoms with Gasteiger partial charge in [0.15, 0.2) is 5.84 Å². The number of aromatic amines is 1. The number of thioether (sulfide) groups is 1. The van der Waals surface area contributed by atoms with Crippen LogP contribution >= 0.6 is 23.5 Å². The first-order chi connectivity index (χ1) is 24.5. The molecule has 5 rings (SSSR count). The first-order valence-electron chi connectivity index (χ1n) is 16.7. The van der Waals surface area contributed by atoms with Crippen molar-refractivity contribution in [3.05, 3.63) is 83.3 Å². The van der Waals surface area contributed by atoms with E-state index in [2.05, 4.69) is 30.5 Å². The fourth-order valence-electron chi connectivity index (χ4n) is 6.19. The number of amidine groups is 1. The minimum absolute atomic E-state index is 0. The first-order valence-corrected chi connectivity index (χ1v) is 22.2. The van der Waals surface area contributed by atoms with Crippen molar-refractivity contribution in [3.8, 4) is 0 Å². The Labute approximate surface area is 367 Å². The van der Waals surface area contributed by atoms with E-state index in [-0.39, 0.29) is 63.0 Å². The van der Waals surface area contributed by atoms with E-state index in [1.807, 2.05) is 49.1 Å². The number of halogens is 5. The molecule has 55 heavy (non-hydrogen) atoms. The number of hydrogen-bond acceptors (Lipinski definition) is 7. The van der Waals surface area contributed by atoms with Crippen LogP contribution in [0.25, 0.3) is 10.9 Å². The van der Waals surface area contributed by atoms with Gasteiger partial charge in [-0.1, -0.05) is 45.0 Å². The van der Waals surface area contributed by atoms with Crippen LogP contribution in [-0.4, -0.2) is 74.7 Å². The number of carboxylic acids is 1. The van der Waals surface area contributed by atoms with Gasteiger partial charge in [-0.15, -0.1) is 0 Å². The van der Waals surface area contributed by atoms with Crippen molar-refractivity contribution < 1.29 is 81.9 Å². The van der Waals surface area contributed by atoms with Gasteiger partial charge in [-0.25, -0.2) is 13.8 Å². The summed E-state index contributed by atoms with van der Waals surface area (Å²) in [6, 6.07) is 13.9. The Morgan fingerprint density at radius 2 is 1.80 bits per heavy atom. The van der Waals surface area contributed by atoms with Crippen LogP contribution in [0.15, 0.2) is 74.6 Å². The number of hydrogen-bond donors (Lipinski definition) is 2. The summed E-state index contributed by atoms with van der Waals surface area (Å²) in [5.74, 6) is -0.132. The third-order valence-electron chi connectivity index (χ3n) is 9.07. The van der Waals surface area contributed by atoms with Gasteiger partial charge in [0.25, 0.3) is 0 Å². The Morgan fingerprint density at radius 3 is 2.45 bits per heavy atom. The number of pyridine rings is 1. The van der Waals surface area contributed by atoms with Crippen LogP contribution in [-0.2, 0) is 40.1 Å². The van der Waals surface area contributed by atoms with Crippen molar-refractivity contribution in [3.63, 3.8) is 0 Å². The van der Waals surface area contributed by atoms with Crippen LogP contribution in [0.2, 0.25) is 0 Å². The number of hydrazone groups is 1. The van der Waals surface area contributed by atoms with E-state index in [1.165, 1.54) is 28.9 Å². The summed E-state index contributed by atoms with van der Waals surface area (Å²) < 4.78 is 60.8. The van der Waals surface area contributed by atoms with E-state index >= 15 is 8.78 Å². The minimum Gasteiger partial charge on any atom is 0 e. The molecule has 3 heterocycles. The predicted octanol–water partition coefficient (Wildman–Crippen LogP) is 9.20. The third kappa shape index (κ3) is 14.1. The number of carbonyl (C=O) groups is 1.